The van der Waals surface area contributed by atoms with Gasteiger partial charge in [0.15, 0.2) is 0 Å². The molecule has 0 unspecified atom stereocenters. The second-order valence-corrected chi connectivity index (χ2v) is 5.97. The number of hydrogen-bond donors (Lipinski definition) is 1. The molecule has 22 heavy (non-hydrogen) atoms. The summed E-state index contributed by atoms with van der Waals surface area (Å²) < 4.78 is 37.2. The number of rotatable bonds is 5. The molecule has 2 rings (SSSR count). The van der Waals surface area contributed by atoms with E-state index in [0.717, 1.165) is 12.8 Å². The minimum atomic E-state index is -4.58. The highest BCUT2D eigenvalue weighted by Gasteiger charge is 2.37. The number of carbonyl (C=O) groups is 2. The number of amides is 2. The lowest BCUT2D eigenvalue weighted by Gasteiger charge is -2.15. The van der Waals surface area contributed by atoms with Gasteiger partial charge in [0.05, 0.1) is 5.92 Å². The molecular formula is C12H15F3N4O2S. The molecule has 122 valence electrons. The lowest BCUT2D eigenvalue weighted by atomic mass is 10.1. The Hall–Kier alpha value is -1.71. The Morgan fingerprint density at radius 1 is 1.45 bits per heavy atom. The molecular weight excluding hydrogens is 321 g/mol. The number of aromatic nitrogens is 2. The zero-order valence-electron chi connectivity index (χ0n) is 11.8. The van der Waals surface area contributed by atoms with Crippen LogP contribution >= 0.6 is 11.3 Å². The number of carbonyl (C=O) groups excluding carboxylic acids is 2. The van der Waals surface area contributed by atoms with Crippen molar-refractivity contribution in [2.45, 2.75) is 32.4 Å². The maximum Gasteiger partial charge on any atom is 0.445 e. The molecule has 1 aliphatic rings. The molecule has 2 heterocycles. The van der Waals surface area contributed by atoms with Crippen LogP contribution in [0, 0.1) is 5.92 Å². The molecule has 1 aromatic heterocycles. The number of hydrogen-bond acceptors (Lipinski definition) is 5. The summed E-state index contributed by atoms with van der Waals surface area (Å²) in [4.78, 5) is 25.4. The Bertz CT molecular complexity index is 561. The van der Waals surface area contributed by atoms with Crippen LogP contribution in [-0.2, 0) is 15.8 Å². The third-order valence-electron chi connectivity index (χ3n) is 3.26. The third-order valence-corrected chi connectivity index (χ3v) is 4.15. The summed E-state index contributed by atoms with van der Waals surface area (Å²) in [7, 11) is 0. The first-order valence-corrected chi connectivity index (χ1v) is 7.62. The normalized spacial score (nSPS) is 18.8. The van der Waals surface area contributed by atoms with Crippen LogP contribution in [0.2, 0.25) is 0 Å². The van der Waals surface area contributed by atoms with Crippen molar-refractivity contribution in [1.82, 2.24) is 15.1 Å². The van der Waals surface area contributed by atoms with Gasteiger partial charge in [-0.15, -0.1) is 10.2 Å². The van der Waals surface area contributed by atoms with Crippen molar-refractivity contribution in [2.75, 3.05) is 18.4 Å². The van der Waals surface area contributed by atoms with Crippen molar-refractivity contribution in [2.24, 2.45) is 5.92 Å². The van der Waals surface area contributed by atoms with Crippen molar-refractivity contribution in [3.63, 3.8) is 0 Å². The van der Waals surface area contributed by atoms with Gasteiger partial charge in [-0.3, -0.25) is 9.59 Å². The van der Waals surface area contributed by atoms with Gasteiger partial charge in [0.1, 0.15) is 0 Å². The van der Waals surface area contributed by atoms with Crippen LogP contribution in [0.3, 0.4) is 0 Å². The maximum atomic E-state index is 12.4. The van der Waals surface area contributed by atoms with E-state index >= 15 is 0 Å². The monoisotopic (exact) mass is 336 g/mol. The van der Waals surface area contributed by atoms with Gasteiger partial charge >= 0.3 is 6.18 Å². The van der Waals surface area contributed by atoms with E-state index in [2.05, 4.69) is 15.5 Å². The summed E-state index contributed by atoms with van der Waals surface area (Å²) in [5.74, 6) is -1.18. The molecule has 1 atom stereocenters. The average Bonchev–Trinajstić information content (AvgIpc) is 3.03. The number of nitrogens with zero attached hydrogens (tertiary/aromatic N) is 3. The Labute approximate surface area is 128 Å². The maximum absolute atomic E-state index is 12.4. The van der Waals surface area contributed by atoms with Crippen LogP contribution in [0.15, 0.2) is 0 Å². The standard InChI is InChI=1S/C12H15F3N4O2S/c1-2-3-4-19-6-7(5-8(19)20)9(21)16-11-18-17-10(22-11)12(13,14)15/h7H,2-6H2,1H3,(H,16,18,21)/t7-/m0/s1. The number of likely N-dealkylation sites (tertiary alicyclic amines) is 1. The van der Waals surface area contributed by atoms with E-state index in [0.29, 0.717) is 6.54 Å². The van der Waals surface area contributed by atoms with Crippen molar-refractivity contribution in [3.8, 4) is 0 Å². The van der Waals surface area contributed by atoms with Crippen molar-refractivity contribution in [3.05, 3.63) is 5.01 Å². The van der Waals surface area contributed by atoms with Gasteiger partial charge in [0.2, 0.25) is 22.0 Å². The van der Waals surface area contributed by atoms with E-state index in [4.69, 9.17) is 0 Å². The number of anilines is 1. The molecule has 0 spiro atoms. The number of nitrogens with one attached hydrogen (secondary N) is 1. The first kappa shape index (κ1) is 16.7. The van der Waals surface area contributed by atoms with Crippen molar-refractivity contribution in [1.29, 1.82) is 0 Å². The fraction of sp³-hybridized carbons (Fsp3) is 0.667. The lowest BCUT2D eigenvalue weighted by molar-refractivity contribution is -0.138. The van der Waals surface area contributed by atoms with Crippen molar-refractivity contribution < 1.29 is 22.8 Å². The summed E-state index contributed by atoms with van der Waals surface area (Å²) in [6, 6.07) is 0. The van der Waals surface area contributed by atoms with Crippen LogP contribution in [0.1, 0.15) is 31.2 Å². The Balaban J connectivity index is 1.93. The molecule has 0 saturated carbocycles. The predicted molar refractivity (Wildman–Crippen MR) is 73.1 cm³/mol. The van der Waals surface area contributed by atoms with Crippen LogP contribution in [0.25, 0.3) is 0 Å². The molecule has 0 aliphatic carbocycles. The first-order valence-electron chi connectivity index (χ1n) is 6.80. The largest absolute Gasteiger partial charge is 0.445 e. The van der Waals surface area contributed by atoms with E-state index in [9.17, 15) is 22.8 Å². The minimum Gasteiger partial charge on any atom is -0.342 e. The molecule has 1 fully saturated rings. The fourth-order valence-corrected chi connectivity index (χ4v) is 2.72. The van der Waals surface area contributed by atoms with Gasteiger partial charge < -0.3 is 10.2 Å². The number of alkyl halides is 3. The molecule has 0 radical (unpaired) electrons. The second kappa shape index (κ2) is 6.59. The minimum absolute atomic E-state index is 0.0699. The van der Waals surface area contributed by atoms with Crippen LogP contribution in [0.5, 0.6) is 0 Å². The van der Waals surface area contributed by atoms with E-state index in [-0.39, 0.29) is 35.3 Å². The summed E-state index contributed by atoms with van der Waals surface area (Å²) in [6.45, 7) is 2.88. The highest BCUT2D eigenvalue weighted by Crippen LogP contribution is 2.33. The predicted octanol–water partition coefficient (Wildman–Crippen LogP) is 2.14. The van der Waals surface area contributed by atoms with Crippen LogP contribution in [-0.4, -0.2) is 40.0 Å². The highest BCUT2D eigenvalue weighted by molar-refractivity contribution is 7.15. The molecule has 1 aliphatic heterocycles. The molecule has 2 amide bonds. The molecule has 10 heteroatoms. The van der Waals surface area contributed by atoms with Gasteiger partial charge in [-0.1, -0.05) is 24.7 Å². The van der Waals surface area contributed by atoms with Gasteiger partial charge in [-0.2, -0.15) is 13.2 Å². The first-order chi connectivity index (χ1) is 10.3. The molecule has 6 nitrogen and oxygen atoms in total. The van der Waals surface area contributed by atoms with Crippen LogP contribution in [0.4, 0.5) is 18.3 Å². The highest BCUT2D eigenvalue weighted by atomic mass is 32.1. The SMILES string of the molecule is CCCCN1C[C@@H](C(=O)Nc2nnc(C(F)(F)F)s2)CC1=O. The van der Waals surface area contributed by atoms with Crippen molar-refractivity contribution >= 4 is 28.3 Å². The van der Waals surface area contributed by atoms with Crippen LogP contribution < -0.4 is 5.32 Å². The lowest BCUT2D eigenvalue weighted by Crippen LogP contribution is -2.29. The zero-order valence-corrected chi connectivity index (χ0v) is 12.6. The quantitative estimate of drug-likeness (QED) is 0.894. The van der Waals surface area contributed by atoms with Gasteiger partial charge in [0.25, 0.3) is 0 Å². The van der Waals surface area contributed by atoms with Gasteiger partial charge in [0, 0.05) is 19.5 Å². The summed E-state index contributed by atoms with van der Waals surface area (Å²) in [5, 5.41) is 7.26. The zero-order chi connectivity index (χ0) is 16.3. The molecule has 1 saturated heterocycles. The number of halogens is 3. The topological polar surface area (TPSA) is 75.2 Å². The second-order valence-electron chi connectivity index (χ2n) is 4.99. The van der Waals surface area contributed by atoms with E-state index in [1.807, 2.05) is 6.92 Å². The third kappa shape index (κ3) is 3.93. The van der Waals surface area contributed by atoms with Gasteiger partial charge in [-0.05, 0) is 6.42 Å². The molecule has 0 aromatic carbocycles. The van der Waals surface area contributed by atoms with E-state index in [1.165, 1.54) is 0 Å². The molecule has 1 aromatic rings. The molecule has 1 N–H and O–H groups in total. The smallest absolute Gasteiger partial charge is 0.342 e. The molecule has 0 bridgehead atoms. The summed E-state index contributed by atoms with van der Waals surface area (Å²) in [5.41, 5.74) is 0. The Kier molecular flexibility index (Phi) is 4.99. The Morgan fingerprint density at radius 2 is 2.18 bits per heavy atom. The van der Waals surface area contributed by atoms with Gasteiger partial charge in [-0.25, -0.2) is 0 Å². The number of unbranched alkanes of at least 4 members (excludes halogenated alkanes) is 1. The summed E-state index contributed by atoms with van der Waals surface area (Å²) in [6.07, 6.45) is -2.72. The average molecular weight is 336 g/mol. The van der Waals surface area contributed by atoms with E-state index in [1.54, 1.807) is 4.90 Å². The summed E-state index contributed by atoms with van der Waals surface area (Å²) >= 11 is 0.265. The fourth-order valence-electron chi connectivity index (χ4n) is 2.11. The van der Waals surface area contributed by atoms with E-state index < -0.39 is 23.0 Å². The Morgan fingerprint density at radius 3 is 2.77 bits per heavy atom.